The number of amides is 1. The summed E-state index contributed by atoms with van der Waals surface area (Å²) in [5, 5.41) is 12.6. The van der Waals surface area contributed by atoms with Gasteiger partial charge in [-0.25, -0.2) is 9.36 Å². The van der Waals surface area contributed by atoms with Crippen LogP contribution in [0.4, 0.5) is 0 Å². The van der Waals surface area contributed by atoms with Crippen LogP contribution in [-0.2, 0) is 11.3 Å². The minimum atomic E-state index is -0.355. The predicted molar refractivity (Wildman–Crippen MR) is 123 cm³/mol. The maximum absolute atomic E-state index is 13.0. The molecule has 8 nitrogen and oxygen atoms in total. The number of rotatable bonds is 10. The Balaban J connectivity index is 1.75. The number of nitrogens with zero attached hydrogens (tertiary/aromatic N) is 5. The molecule has 0 bridgehead atoms. The quantitative estimate of drug-likeness (QED) is 0.540. The van der Waals surface area contributed by atoms with Gasteiger partial charge in [-0.2, -0.15) is 10.2 Å². The van der Waals surface area contributed by atoms with E-state index in [1.165, 1.54) is 4.68 Å². The van der Waals surface area contributed by atoms with E-state index in [4.69, 9.17) is 0 Å². The molecule has 0 unspecified atom stereocenters. The Bertz CT molecular complexity index is 1090. The van der Waals surface area contributed by atoms with Crippen molar-refractivity contribution in [3.8, 4) is 5.69 Å². The first-order chi connectivity index (χ1) is 15.0. The van der Waals surface area contributed by atoms with Crippen molar-refractivity contribution in [3.63, 3.8) is 0 Å². The molecular weight excluding hydrogens is 392 g/mol. The highest BCUT2D eigenvalue weighted by Crippen LogP contribution is 2.20. The third kappa shape index (κ3) is 5.19. The maximum Gasteiger partial charge on any atom is 0.295 e. The molecule has 3 aromatic rings. The van der Waals surface area contributed by atoms with Crippen LogP contribution >= 0.6 is 0 Å². The number of likely N-dealkylation sites (N-methyl/N-ethyl adjacent to an activating group) is 1. The lowest BCUT2D eigenvalue weighted by Gasteiger charge is -2.20. The number of hydrogen-bond acceptors (Lipinski definition) is 5. The smallest absolute Gasteiger partial charge is 0.295 e. The van der Waals surface area contributed by atoms with Crippen LogP contribution in [0.1, 0.15) is 38.1 Å². The Morgan fingerprint density at radius 2 is 1.84 bits per heavy atom. The van der Waals surface area contributed by atoms with Gasteiger partial charge in [-0.15, -0.1) is 0 Å². The molecular formula is C23H32N6O2. The van der Waals surface area contributed by atoms with E-state index >= 15 is 0 Å². The van der Waals surface area contributed by atoms with Crippen LogP contribution in [0.3, 0.4) is 0 Å². The molecule has 31 heavy (non-hydrogen) atoms. The largest absolute Gasteiger partial charge is 0.353 e. The highest BCUT2D eigenvalue weighted by Gasteiger charge is 2.18. The first-order valence-corrected chi connectivity index (χ1v) is 11.0. The molecule has 1 N–H and O–H groups in total. The fourth-order valence-corrected chi connectivity index (χ4v) is 3.77. The molecule has 0 radical (unpaired) electrons. The van der Waals surface area contributed by atoms with Gasteiger partial charge in [0.2, 0.25) is 5.91 Å². The van der Waals surface area contributed by atoms with E-state index in [0.29, 0.717) is 17.8 Å². The number of aromatic nitrogens is 4. The first-order valence-electron chi connectivity index (χ1n) is 11.0. The van der Waals surface area contributed by atoms with E-state index < -0.39 is 0 Å². The van der Waals surface area contributed by atoms with Crippen molar-refractivity contribution in [1.82, 2.24) is 29.8 Å². The topological polar surface area (TPSA) is 85.1 Å². The summed E-state index contributed by atoms with van der Waals surface area (Å²) in [5.74, 6) is -0.223. The number of aryl methyl sites for hydroxylation is 2. The van der Waals surface area contributed by atoms with Crippen molar-refractivity contribution < 1.29 is 4.79 Å². The minimum absolute atomic E-state index is 0.117. The zero-order valence-corrected chi connectivity index (χ0v) is 18.9. The van der Waals surface area contributed by atoms with Gasteiger partial charge in [0.15, 0.2) is 5.52 Å². The van der Waals surface area contributed by atoms with E-state index in [1.807, 2.05) is 44.2 Å². The molecule has 8 heteroatoms. The highest BCUT2D eigenvalue weighted by atomic mass is 16.2. The van der Waals surface area contributed by atoms with Gasteiger partial charge in [0.25, 0.3) is 5.56 Å². The van der Waals surface area contributed by atoms with Crippen LogP contribution < -0.4 is 10.9 Å². The van der Waals surface area contributed by atoms with Crippen LogP contribution in [0, 0.1) is 13.8 Å². The van der Waals surface area contributed by atoms with Crippen molar-refractivity contribution >= 4 is 16.8 Å². The SMILES string of the molecule is CCCCN(CC)CCNC(=O)Cn1nc(C)c2c(C)n(-c3ccccc3)nc2c1=O. The van der Waals surface area contributed by atoms with Gasteiger partial charge in [0, 0.05) is 13.1 Å². The van der Waals surface area contributed by atoms with E-state index in [-0.39, 0.29) is 18.0 Å². The molecule has 166 valence electrons. The standard InChI is InChI=1S/C23H32N6O2/c1-5-7-14-27(6-2)15-13-24-20(30)16-28-23(31)22-21(17(3)25-28)18(4)29(26-22)19-11-9-8-10-12-19/h8-12H,5-7,13-16H2,1-4H3,(H,24,30). The van der Waals surface area contributed by atoms with Gasteiger partial charge in [-0.3, -0.25) is 9.59 Å². The molecule has 0 atom stereocenters. The zero-order valence-electron chi connectivity index (χ0n) is 18.9. The monoisotopic (exact) mass is 424 g/mol. The second kappa shape index (κ2) is 10.3. The van der Waals surface area contributed by atoms with Crippen molar-refractivity contribution in [2.75, 3.05) is 26.2 Å². The molecule has 1 aromatic carbocycles. The Labute approximate surface area is 182 Å². The normalized spacial score (nSPS) is 11.4. The highest BCUT2D eigenvalue weighted by molar-refractivity contribution is 5.83. The van der Waals surface area contributed by atoms with Crippen LogP contribution in [0.15, 0.2) is 35.1 Å². The van der Waals surface area contributed by atoms with Gasteiger partial charge in [-0.05, 0) is 45.5 Å². The van der Waals surface area contributed by atoms with Crippen molar-refractivity contribution in [2.45, 2.75) is 47.1 Å². The van der Waals surface area contributed by atoms with Gasteiger partial charge >= 0.3 is 0 Å². The Kier molecular flexibility index (Phi) is 7.57. The fraction of sp³-hybridized carbons (Fsp3) is 0.478. The molecule has 0 aliphatic rings. The lowest BCUT2D eigenvalue weighted by atomic mass is 10.2. The average Bonchev–Trinajstić information content (AvgIpc) is 3.12. The first kappa shape index (κ1) is 22.7. The number of para-hydroxylation sites is 1. The molecule has 0 aliphatic carbocycles. The predicted octanol–water partition coefficient (Wildman–Crippen LogP) is 2.44. The van der Waals surface area contributed by atoms with Gasteiger partial charge in [-0.1, -0.05) is 38.5 Å². The molecule has 2 heterocycles. The Hall–Kier alpha value is -3.00. The molecule has 0 saturated carbocycles. The molecule has 0 spiro atoms. The van der Waals surface area contributed by atoms with Crippen molar-refractivity contribution in [2.24, 2.45) is 0 Å². The number of carbonyl (C=O) groups is 1. The van der Waals surface area contributed by atoms with Gasteiger partial charge in [0.05, 0.1) is 22.5 Å². The van der Waals surface area contributed by atoms with Crippen molar-refractivity contribution in [1.29, 1.82) is 0 Å². The lowest BCUT2D eigenvalue weighted by Crippen LogP contribution is -2.38. The number of nitrogens with one attached hydrogen (secondary N) is 1. The van der Waals surface area contributed by atoms with Crippen LogP contribution in [0.25, 0.3) is 16.6 Å². The molecule has 1 amide bonds. The summed E-state index contributed by atoms with van der Waals surface area (Å²) in [4.78, 5) is 27.7. The number of benzene rings is 1. The summed E-state index contributed by atoms with van der Waals surface area (Å²) < 4.78 is 2.96. The summed E-state index contributed by atoms with van der Waals surface area (Å²) in [6.45, 7) is 11.3. The second-order valence-corrected chi connectivity index (χ2v) is 7.74. The fourth-order valence-electron chi connectivity index (χ4n) is 3.77. The van der Waals surface area contributed by atoms with E-state index in [0.717, 1.165) is 49.2 Å². The van der Waals surface area contributed by atoms with Gasteiger partial charge in [0.1, 0.15) is 6.54 Å². The van der Waals surface area contributed by atoms with E-state index in [1.54, 1.807) is 4.68 Å². The minimum Gasteiger partial charge on any atom is -0.353 e. The summed E-state index contributed by atoms with van der Waals surface area (Å²) in [6, 6.07) is 9.67. The lowest BCUT2D eigenvalue weighted by molar-refractivity contribution is -0.121. The maximum atomic E-state index is 13.0. The molecule has 0 fully saturated rings. The number of carbonyl (C=O) groups excluding carboxylic acids is 1. The van der Waals surface area contributed by atoms with Crippen LogP contribution in [0.5, 0.6) is 0 Å². The molecule has 0 aliphatic heterocycles. The number of fused-ring (bicyclic) bond motifs is 1. The van der Waals surface area contributed by atoms with Crippen LogP contribution in [0.2, 0.25) is 0 Å². The Morgan fingerprint density at radius 3 is 2.52 bits per heavy atom. The molecule has 3 rings (SSSR count). The van der Waals surface area contributed by atoms with E-state index in [9.17, 15) is 9.59 Å². The molecule has 2 aromatic heterocycles. The summed E-state index contributed by atoms with van der Waals surface area (Å²) in [6.07, 6.45) is 2.30. The van der Waals surface area contributed by atoms with Crippen LogP contribution in [-0.4, -0.2) is 56.5 Å². The summed E-state index contributed by atoms with van der Waals surface area (Å²) in [7, 11) is 0. The summed E-state index contributed by atoms with van der Waals surface area (Å²) in [5.41, 5.74) is 2.39. The number of hydrogen-bond donors (Lipinski definition) is 1. The average molecular weight is 425 g/mol. The number of unbranched alkanes of at least 4 members (excludes halogenated alkanes) is 1. The van der Waals surface area contributed by atoms with Crippen molar-refractivity contribution in [3.05, 3.63) is 52.1 Å². The molecule has 0 saturated heterocycles. The second-order valence-electron chi connectivity index (χ2n) is 7.74. The third-order valence-corrected chi connectivity index (χ3v) is 5.51. The summed E-state index contributed by atoms with van der Waals surface area (Å²) >= 11 is 0. The Morgan fingerprint density at radius 1 is 1.10 bits per heavy atom. The third-order valence-electron chi connectivity index (χ3n) is 5.51. The van der Waals surface area contributed by atoms with Gasteiger partial charge < -0.3 is 10.2 Å². The zero-order chi connectivity index (χ0) is 22.4. The van der Waals surface area contributed by atoms with E-state index in [2.05, 4.69) is 34.3 Å².